The molecule has 0 bridgehead atoms. The summed E-state index contributed by atoms with van der Waals surface area (Å²) in [5.74, 6) is 0.788. The van der Waals surface area contributed by atoms with Crippen molar-refractivity contribution in [3.8, 4) is 17.6 Å². The molecule has 0 radical (unpaired) electrons. The number of ether oxygens (including phenoxy) is 2. The molecule has 0 N–H and O–H groups in total. The van der Waals surface area contributed by atoms with Crippen LogP contribution in [0.1, 0.15) is 24.0 Å². The Balaban J connectivity index is 1.77. The van der Waals surface area contributed by atoms with Crippen molar-refractivity contribution in [2.24, 2.45) is 0 Å². The summed E-state index contributed by atoms with van der Waals surface area (Å²) in [6.07, 6.45) is 3.52. The van der Waals surface area contributed by atoms with Crippen LogP contribution in [0.3, 0.4) is 0 Å². The van der Waals surface area contributed by atoms with Gasteiger partial charge in [-0.15, -0.1) is 0 Å². The van der Waals surface area contributed by atoms with Crippen LogP contribution < -0.4 is 9.47 Å². The summed E-state index contributed by atoms with van der Waals surface area (Å²) in [6.45, 7) is 1.64. The normalized spacial score (nSPS) is 13.9. The number of methoxy groups -OCH3 is 1. The van der Waals surface area contributed by atoms with Crippen LogP contribution in [0.4, 0.5) is 0 Å². The van der Waals surface area contributed by atoms with Crippen LogP contribution in [0, 0.1) is 11.3 Å². The molecule has 0 saturated carbocycles. The summed E-state index contributed by atoms with van der Waals surface area (Å²) in [7, 11) is 1.53. The third kappa shape index (κ3) is 5.23. The molecule has 2 aromatic rings. The number of benzene rings is 2. The minimum atomic E-state index is -0.235. The van der Waals surface area contributed by atoms with Gasteiger partial charge in [0.1, 0.15) is 18.2 Å². The quantitative estimate of drug-likeness (QED) is 0.471. The van der Waals surface area contributed by atoms with Gasteiger partial charge in [-0.1, -0.05) is 35.3 Å². The Kier molecular flexibility index (Phi) is 7.03. The average molecular weight is 431 g/mol. The Bertz CT molecular complexity index is 977. The van der Waals surface area contributed by atoms with Gasteiger partial charge in [-0.05, 0) is 48.7 Å². The van der Waals surface area contributed by atoms with Gasteiger partial charge in [0.2, 0.25) is 0 Å². The minimum Gasteiger partial charge on any atom is -0.493 e. The number of carbonyl (C=O) groups is 1. The summed E-state index contributed by atoms with van der Waals surface area (Å²) in [6, 6.07) is 12.5. The second kappa shape index (κ2) is 9.69. The fraction of sp³-hybridized carbons (Fsp3) is 0.273. The lowest BCUT2D eigenvalue weighted by Gasteiger charge is -2.14. The van der Waals surface area contributed by atoms with Crippen molar-refractivity contribution in [3.05, 3.63) is 63.1 Å². The van der Waals surface area contributed by atoms with Gasteiger partial charge in [0, 0.05) is 28.7 Å². The third-order valence-electron chi connectivity index (χ3n) is 4.64. The highest BCUT2D eigenvalue weighted by atomic mass is 35.5. The zero-order chi connectivity index (χ0) is 20.8. The summed E-state index contributed by atoms with van der Waals surface area (Å²) in [5.41, 5.74) is 1.59. The van der Waals surface area contributed by atoms with Crippen molar-refractivity contribution in [2.45, 2.75) is 19.4 Å². The third-order valence-corrected chi connectivity index (χ3v) is 5.23. The molecule has 0 aromatic heterocycles. The van der Waals surface area contributed by atoms with E-state index < -0.39 is 0 Å². The number of likely N-dealkylation sites (tertiary alicyclic amines) is 1. The van der Waals surface area contributed by atoms with Crippen LogP contribution in [-0.2, 0) is 11.4 Å². The predicted molar refractivity (Wildman–Crippen MR) is 113 cm³/mol. The van der Waals surface area contributed by atoms with Crippen LogP contribution in [0.15, 0.2) is 42.0 Å². The van der Waals surface area contributed by atoms with Crippen LogP contribution in [0.2, 0.25) is 10.0 Å². The molecule has 0 aliphatic carbocycles. The Morgan fingerprint density at radius 3 is 2.59 bits per heavy atom. The van der Waals surface area contributed by atoms with Gasteiger partial charge in [-0.2, -0.15) is 5.26 Å². The second-order valence-electron chi connectivity index (χ2n) is 6.60. The largest absolute Gasteiger partial charge is 0.493 e. The summed E-state index contributed by atoms with van der Waals surface area (Å²) >= 11 is 12.1. The number of carbonyl (C=O) groups excluding carboxylic acids is 1. The van der Waals surface area contributed by atoms with Gasteiger partial charge < -0.3 is 14.4 Å². The lowest BCUT2D eigenvalue weighted by atomic mass is 10.1. The number of hydrogen-bond acceptors (Lipinski definition) is 4. The van der Waals surface area contributed by atoms with Crippen molar-refractivity contribution in [1.29, 1.82) is 5.26 Å². The van der Waals surface area contributed by atoms with Crippen molar-refractivity contribution in [3.63, 3.8) is 0 Å². The Morgan fingerprint density at radius 1 is 1.17 bits per heavy atom. The fourth-order valence-electron chi connectivity index (χ4n) is 3.09. The molecular formula is C22H20Cl2N2O3. The minimum absolute atomic E-state index is 0.107. The van der Waals surface area contributed by atoms with E-state index in [4.69, 9.17) is 32.7 Å². The molecule has 1 saturated heterocycles. The lowest BCUT2D eigenvalue weighted by molar-refractivity contribution is -0.125. The van der Waals surface area contributed by atoms with Crippen LogP contribution in [0.25, 0.3) is 6.08 Å². The van der Waals surface area contributed by atoms with E-state index in [9.17, 15) is 10.1 Å². The molecule has 1 fully saturated rings. The van der Waals surface area contributed by atoms with Gasteiger partial charge >= 0.3 is 0 Å². The fourth-order valence-corrected chi connectivity index (χ4v) is 3.55. The molecule has 1 amide bonds. The highest BCUT2D eigenvalue weighted by Crippen LogP contribution is 2.31. The Morgan fingerprint density at radius 2 is 1.93 bits per heavy atom. The first kappa shape index (κ1) is 21.0. The number of nitriles is 1. The van der Waals surface area contributed by atoms with Crippen molar-refractivity contribution >= 4 is 35.2 Å². The number of halogens is 2. The molecule has 150 valence electrons. The monoisotopic (exact) mass is 430 g/mol. The second-order valence-corrected chi connectivity index (χ2v) is 7.45. The number of rotatable bonds is 6. The first-order valence-electron chi connectivity index (χ1n) is 9.17. The molecule has 29 heavy (non-hydrogen) atoms. The summed E-state index contributed by atoms with van der Waals surface area (Å²) in [4.78, 5) is 14.2. The van der Waals surface area contributed by atoms with Gasteiger partial charge in [0.15, 0.2) is 11.5 Å². The molecule has 7 heteroatoms. The van der Waals surface area contributed by atoms with E-state index in [0.717, 1.165) is 18.4 Å². The van der Waals surface area contributed by atoms with E-state index in [-0.39, 0.29) is 18.1 Å². The smallest absolute Gasteiger partial charge is 0.264 e. The zero-order valence-corrected chi connectivity index (χ0v) is 17.5. The standard InChI is InChI=1S/C22H20Cl2N2O3/c1-28-21-11-15(10-17(13-25)22(27)26-8-2-3-9-26)4-7-20(21)29-14-16-5-6-18(23)12-19(16)24/h4-7,10-12H,2-3,8-9,14H2,1H3/b17-10+. The van der Waals surface area contributed by atoms with Crippen molar-refractivity contribution < 1.29 is 14.3 Å². The number of hydrogen-bond donors (Lipinski definition) is 0. The maximum atomic E-state index is 12.5. The van der Waals surface area contributed by atoms with E-state index in [2.05, 4.69) is 0 Å². The summed E-state index contributed by atoms with van der Waals surface area (Å²) in [5, 5.41) is 10.5. The zero-order valence-electron chi connectivity index (χ0n) is 16.0. The molecule has 3 rings (SSSR count). The lowest BCUT2D eigenvalue weighted by Crippen LogP contribution is -2.28. The molecular weight excluding hydrogens is 411 g/mol. The average Bonchev–Trinajstić information content (AvgIpc) is 3.26. The molecule has 1 heterocycles. The topological polar surface area (TPSA) is 62.6 Å². The van der Waals surface area contributed by atoms with Crippen molar-refractivity contribution in [2.75, 3.05) is 20.2 Å². The number of nitrogens with zero attached hydrogens (tertiary/aromatic N) is 2. The van der Waals surface area contributed by atoms with Gasteiger partial charge in [0.25, 0.3) is 5.91 Å². The molecule has 5 nitrogen and oxygen atoms in total. The van der Waals surface area contributed by atoms with Crippen LogP contribution in [-0.4, -0.2) is 31.0 Å². The van der Waals surface area contributed by atoms with E-state index in [1.165, 1.54) is 7.11 Å². The number of amides is 1. The SMILES string of the molecule is COc1cc(/C=C(\C#N)C(=O)N2CCCC2)ccc1OCc1ccc(Cl)cc1Cl. The molecule has 1 aliphatic rings. The molecule has 1 aliphatic heterocycles. The first-order valence-corrected chi connectivity index (χ1v) is 9.93. The highest BCUT2D eigenvalue weighted by molar-refractivity contribution is 6.35. The van der Waals surface area contributed by atoms with Crippen LogP contribution >= 0.6 is 23.2 Å². The first-order chi connectivity index (χ1) is 14.0. The van der Waals surface area contributed by atoms with Crippen molar-refractivity contribution in [1.82, 2.24) is 4.90 Å². The molecule has 0 unspecified atom stereocenters. The maximum absolute atomic E-state index is 12.5. The van der Waals surface area contributed by atoms with Crippen LogP contribution in [0.5, 0.6) is 11.5 Å². The van der Waals surface area contributed by atoms with Gasteiger partial charge in [-0.25, -0.2) is 0 Å². The Hall–Kier alpha value is -2.68. The molecule has 2 aromatic carbocycles. The van der Waals surface area contributed by atoms with E-state index in [1.807, 2.05) is 6.07 Å². The van der Waals surface area contributed by atoms with E-state index in [0.29, 0.717) is 40.2 Å². The van der Waals surface area contributed by atoms with Gasteiger partial charge in [-0.3, -0.25) is 4.79 Å². The van der Waals surface area contributed by atoms with E-state index in [1.54, 1.807) is 47.4 Å². The predicted octanol–water partition coefficient (Wildman–Crippen LogP) is 5.11. The maximum Gasteiger partial charge on any atom is 0.264 e. The van der Waals surface area contributed by atoms with E-state index >= 15 is 0 Å². The Labute approximate surface area is 180 Å². The highest BCUT2D eigenvalue weighted by Gasteiger charge is 2.21. The van der Waals surface area contributed by atoms with Gasteiger partial charge in [0.05, 0.1) is 7.11 Å². The molecule has 0 spiro atoms. The summed E-state index contributed by atoms with van der Waals surface area (Å²) < 4.78 is 11.2. The molecule has 0 atom stereocenters.